The number of nitrogens with zero attached hydrogens (tertiary/aromatic N) is 5. The maximum Gasteiger partial charge on any atom is 0.242 e. The van der Waals surface area contributed by atoms with Crippen molar-refractivity contribution in [2.24, 2.45) is 0 Å². The first-order chi connectivity index (χ1) is 19.0. The van der Waals surface area contributed by atoms with Gasteiger partial charge in [-0.25, -0.2) is 4.68 Å². The van der Waals surface area contributed by atoms with Gasteiger partial charge in [0.05, 0.1) is 22.4 Å². The highest BCUT2D eigenvalue weighted by Crippen LogP contribution is 2.49. The number of thiophene rings is 1. The summed E-state index contributed by atoms with van der Waals surface area (Å²) in [6.45, 7) is 14.0. The van der Waals surface area contributed by atoms with Crippen LogP contribution in [-0.2, 0) is 19.8 Å². The first kappa shape index (κ1) is 28.4. The van der Waals surface area contributed by atoms with E-state index in [0.717, 1.165) is 33.6 Å². The zero-order valence-corrected chi connectivity index (χ0v) is 25.7. The second kappa shape index (κ2) is 11.0. The Morgan fingerprint density at radius 3 is 2.35 bits per heavy atom. The summed E-state index contributed by atoms with van der Waals surface area (Å²) in [5, 5.41) is 9.32. The lowest BCUT2D eigenvalue weighted by Crippen LogP contribution is -2.53. The molecule has 1 fully saturated rings. The van der Waals surface area contributed by atoms with E-state index in [9.17, 15) is 14.4 Å². The predicted octanol–water partition coefficient (Wildman–Crippen LogP) is 4.71. The minimum atomic E-state index is -0.297. The summed E-state index contributed by atoms with van der Waals surface area (Å²) in [5.74, 6) is 0.733. The van der Waals surface area contributed by atoms with E-state index >= 15 is 0 Å². The molecule has 0 unspecified atom stereocenters. The Balaban J connectivity index is 1.65. The first-order valence-corrected chi connectivity index (χ1v) is 15.6. The average molecular weight is 580 g/mol. The van der Waals surface area contributed by atoms with Gasteiger partial charge in [0.15, 0.2) is 0 Å². The summed E-state index contributed by atoms with van der Waals surface area (Å²) >= 11 is 3.24. The molecule has 0 aliphatic carbocycles. The molecule has 0 N–H and O–H groups in total. The van der Waals surface area contributed by atoms with Crippen LogP contribution in [0.5, 0.6) is 0 Å². The lowest BCUT2D eigenvalue weighted by molar-refractivity contribution is -0.137. The fraction of sp³-hybridized carbons (Fsp3) is 0.467. The van der Waals surface area contributed by atoms with Crippen molar-refractivity contribution in [3.8, 4) is 5.69 Å². The molecule has 0 radical (unpaired) electrons. The molecule has 1 aromatic carbocycles. The molecular formula is C30H37N5O3S2. The van der Waals surface area contributed by atoms with Crippen LogP contribution in [0.25, 0.3) is 5.69 Å². The summed E-state index contributed by atoms with van der Waals surface area (Å²) in [5.41, 5.74) is 5.86. The third-order valence-corrected chi connectivity index (χ3v) is 9.55. The second-order valence-electron chi connectivity index (χ2n) is 11.7. The molecule has 0 bridgehead atoms. The van der Waals surface area contributed by atoms with E-state index < -0.39 is 0 Å². The number of benzene rings is 1. The number of anilines is 1. The molecule has 0 saturated carbocycles. The van der Waals surface area contributed by atoms with Gasteiger partial charge in [0, 0.05) is 44.1 Å². The molecule has 8 nitrogen and oxygen atoms in total. The molecule has 1 atom stereocenters. The smallest absolute Gasteiger partial charge is 0.242 e. The van der Waals surface area contributed by atoms with E-state index in [0.29, 0.717) is 32.0 Å². The van der Waals surface area contributed by atoms with Crippen molar-refractivity contribution >= 4 is 46.6 Å². The zero-order chi connectivity index (χ0) is 28.8. The number of amides is 3. The summed E-state index contributed by atoms with van der Waals surface area (Å²) in [4.78, 5) is 44.5. The lowest BCUT2D eigenvalue weighted by atomic mass is 9.87. The fourth-order valence-corrected chi connectivity index (χ4v) is 7.44. The van der Waals surface area contributed by atoms with Gasteiger partial charge in [-0.2, -0.15) is 16.4 Å². The number of aromatic nitrogens is 2. The van der Waals surface area contributed by atoms with E-state index in [1.54, 1.807) is 44.7 Å². The van der Waals surface area contributed by atoms with Crippen LogP contribution in [0.4, 0.5) is 5.82 Å². The summed E-state index contributed by atoms with van der Waals surface area (Å²) in [6.07, 6.45) is 0. The molecule has 3 aromatic rings. The van der Waals surface area contributed by atoms with Crippen molar-refractivity contribution in [1.29, 1.82) is 0 Å². The van der Waals surface area contributed by atoms with Gasteiger partial charge in [0.1, 0.15) is 12.4 Å². The van der Waals surface area contributed by atoms with Crippen molar-refractivity contribution in [3.05, 3.63) is 63.0 Å². The Hall–Kier alpha value is -3.11. The number of carbonyl (C=O) groups is 3. The van der Waals surface area contributed by atoms with Crippen molar-refractivity contribution in [1.82, 2.24) is 19.6 Å². The van der Waals surface area contributed by atoms with Crippen LogP contribution in [0.1, 0.15) is 60.9 Å². The van der Waals surface area contributed by atoms with E-state index in [4.69, 9.17) is 5.10 Å². The second-order valence-corrected chi connectivity index (χ2v) is 13.5. The SMILES string of the molecule is CC(=O)N1CCN(C(=O)CN2C(=O)CS[C@H](c3ccsc3)c3c(C(C)(C)C)nn(-c4ccc(C)cc4C)c32)CC1. The molecule has 1 saturated heterocycles. The van der Waals surface area contributed by atoms with Gasteiger partial charge in [-0.15, -0.1) is 11.8 Å². The molecule has 10 heteroatoms. The van der Waals surface area contributed by atoms with Crippen molar-refractivity contribution < 1.29 is 14.4 Å². The van der Waals surface area contributed by atoms with Crippen LogP contribution in [0.15, 0.2) is 35.0 Å². The van der Waals surface area contributed by atoms with Gasteiger partial charge in [0.2, 0.25) is 17.7 Å². The van der Waals surface area contributed by atoms with Gasteiger partial charge in [0.25, 0.3) is 0 Å². The highest BCUT2D eigenvalue weighted by Gasteiger charge is 2.40. The monoisotopic (exact) mass is 579 g/mol. The van der Waals surface area contributed by atoms with Crippen LogP contribution < -0.4 is 4.90 Å². The molecule has 2 aliphatic rings. The van der Waals surface area contributed by atoms with Crippen LogP contribution in [0.3, 0.4) is 0 Å². The fourth-order valence-electron chi connectivity index (χ4n) is 5.48. The van der Waals surface area contributed by atoms with Gasteiger partial charge in [-0.05, 0) is 47.9 Å². The average Bonchev–Trinajstić information content (AvgIpc) is 3.54. The molecule has 2 aromatic heterocycles. The summed E-state index contributed by atoms with van der Waals surface area (Å²) in [7, 11) is 0. The molecule has 40 heavy (non-hydrogen) atoms. The van der Waals surface area contributed by atoms with Crippen molar-refractivity contribution in [2.45, 2.75) is 52.2 Å². The van der Waals surface area contributed by atoms with Gasteiger partial charge in [-0.3, -0.25) is 19.3 Å². The lowest BCUT2D eigenvalue weighted by Gasteiger charge is -2.35. The Labute approximate surface area is 244 Å². The summed E-state index contributed by atoms with van der Waals surface area (Å²) in [6, 6.07) is 8.34. The topological polar surface area (TPSA) is 78.8 Å². The minimum absolute atomic E-state index is 0.0167. The van der Waals surface area contributed by atoms with E-state index in [2.05, 4.69) is 63.6 Å². The van der Waals surface area contributed by atoms with Crippen LogP contribution in [-0.4, -0.2) is 75.8 Å². The Kier molecular flexibility index (Phi) is 7.85. The molecule has 0 spiro atoms. The third-order valence-electron chi connectivity index (χ3n) is 7.60. The highest BCUT2D eigenvalue weighted by molar-refractivity contribution is 8.00. The number of carbonyl (C=O) groups excluding carboxylic acids is 3. The van der Waals surface area contributed by atoms with E-state index in [1.165, 1.54) is 0 Å². The van der Waals surface area contributed by atoms with E-state index in [-0.39, 0.29) is 40.7 Å². The van der Waals surface area contributed by atoms with Crippen LogP contribution in [0.2, 0.25) is 0 Å². The number of fused-ring (bicyclic) bond motifs is 1. The number of thioether (sulfide) groups is 1. The molecule has 4 heterocycles. The largest absolute Gasteiger partial charge is 0.339 e. The first-order valence-electron chi connectivity index (χ1n) is 13.6. The molecule has 2 aliphatic heterocycles. The molecule has 5 rings (SSSR count). The Morgan fingerprint density at radius 2 is 1.75 bits per heavy atom. The van der Waals surface area contributed by atoms with Crippen molar-refractivity contribution in [3.63, 3.8) is 0 Å². The number of hydrogen-bond acceptors (Lipinski definition) is 6. The zero-order valence-electron chi connectivity index (χ0n) is 24.1. The quantitative estimate of drug-likeness (QED) is 0.448. The number of aryl methyl sites for hydroxylation is 2. The Bertz CT molecular complexity index is 1430. The summed E-state index contributed by atoms with van der Waals surface area (Å²) < 4.78 is 1.90. The molecule has 212 valence electrons. The van der Waals surface area contributed by atoms with Gasteiger partial charge in [-0.1, -0.05) is 38.5 Å². The Morgan fingerprint density at radius 1 is 1.05 bits per heavy atom. The minimum Gasteiger partial charge on any atom is -0.339 e. The maximum absolute atomic E-state index is 13.9. The predicted molar refractivity (Wildman–Crippen MR) is 162 cm³/mol. The standard InChI is InChI=1S/C30H37N5O3S2/c1-19-7-8-23(20(2)15-19)35-29-26(28(31-35)30(4,5)6)27(22-9-14-39-17-22)40-18-25(38)34(29)16-24(37)33-12-10-32(11-13-33)21(3)36/h7-9,14-15,17,27H,10-13,16,18H2,1-6H3/t27-/m1/s1. The third kappa shape index (κ3) is 5.43. The maximum atomic E-state index is 13.9. The van der Waals surface area contributed by atoms with Gasteiger partial charge >= 0.3 is 0 Å². The van der Waals surface area contributed by atoms with Crippen molar-refractivity contribution in [2.75, 3.05) is 43.4 Å². The van der Waals surface area contributed by atoms with Crippen LogP contribution >= 0.6 is 23.1 Å². The number of hydrogen-bond donors (Lipinski definition) is 0. The van der Waals surface area contributed by atoms with Gasteiger partial charge < -0.3 is 9.80 Å². The van der Waals surface area contributed by atoms with E-state index in [1.807, 2.05) is 10.7 Å². The normalized spacial score (nSPS) is 18.1. The molecule has 3 amide bonds. The highest BCUT2D eigenvalue weighted by atomic mass is 32.2. The molecular weight excluding hydrogens is 542 g/mol. The number of piperazine rings is 1. The van der Waals surface area contributed by atoms with Crippen LogP contribution in [0, 0.1) is 13.8 Å². The number of rotatable bonds is 4.